The summed E-state index contributed by atoms with van der Waals surface area (Å²) in [6.45, 7) is 5.00. The molecule has 2 amide bonds. The standard InChI is InChI=1S/C31H33N7O3.C31H31N7O2/c1-36(17-18-40-2)15-6-9-27(39)37-16-14-23(20-37)38-26(19-32)28(29-30(33)34-21-35-31(29)38)22-10-12-25(13-11-22)41-24-7-4-3-5-8-24;1-36(22-11-12-22)16-5-8-27(39)37-17-15-23(19-37)38-26(18-32)28(29-30(33)34-20-35-31(29)38)21-9-13-25(14-10-21)40-24-6-3-2-4-7-24/h3-13,21,23H,14-18,20H2,1-2H3,(H2,33,34,35);2-10,13-14,20,22-23H,11-12,15-17,19H2,1H3,(H2,33,34,35)/b9-6+;8-5+/t2*23-/m11/s1. The Kier molecular flexibility index (Phi) is 17.1. The maximum atomic E-state index is 12.9. The molecule has 8 aromatic rings. The van der Waals surface area contributed by atoms with Gasteiger partial charge in [0.25, 0.3) is 0 Å². The third kappa shape index (κ3) is 12.4. The molecule has 19 heteroatoms. The third-order valence-corrected chi connectivity index (χ3v) is 14.9. The van der Waals surface area contributed by atoms with Gasteiger partial charge < -0.3 is 49.5 Å². The fourth-order valence-electron chi connectivity index (χ4n) is 10.6. The molecular weight excluding hydrogens is 1020 g/mol. The number of nitrogens with two attached hydrogens (primary N) is 2. The minimum Gasteiger partial charge on any atom is -0.457 e. The number of likely N-dealkylation sites (tertiary alicyclic amines) is 2. The van der Waals surface area contributed by atoms with Crippen LogP contribution < -0.4 is 20.9 Å². The van der Waals surface area contributed by atoms with Gasteiger partial charge in [-0.05, 0) is 99.4 Å². The number of carbonyl (C=O) groups is 2. The van der Waals surface area contributed by atoms with Gasteiger partial charge >= 0.3 is 0 Å². The van der Waals surface area contributed by atoms with Gasteiger partial charge in [-0.2, -0.15) is 10.5 Å². The van der Waals surface area contributed by atoms with Crippen LogP contribution in [0.3, 0.4) is 0 Å². The Labute approximate surface area is 470 Å². The number of fused-ring (bicyclic) bond motifs is 2. The average molecular weight is 1090 g/mol. The van der Waals surface area contributed by atoms with Crippen molar-refractivity contribution >= 4 is 45.5 Å². The molecule has 2 aliphatic heterocycles. The Morgan fingerprint density at radius 2 is 1.05 bits per heavy atom. The van der Waals surface area contributed by atoms with Crippen molar-refractivity contribution in [3.63, 3.8) is 0 Å². The number of para-hydroxylation sites is 2. The SMILES string of the molecule is CN(C/C=C/C(=O)N1CC[C@@H](n2c(C#N)c(-c3ccc(Oc4ccccc4)cc3)c3c(N)ncnc32)C1)C1CC1.COCCN(C)C/C=C/C(=O)N1CC[C@@H](n2c(C#N)c(-c3ccc(Oc4ccccc4)cc3)c3c(N)ncnc32)C1. The molecule has 2 saturated heterocycles. The number of carbonyl (C=O) groups excluding carboxylic acids is 2. The highest BCUT2D eigenvalue weighted by molar-refractivity contribution is 6.04. The first kappa shape index (κ1) is 54.9. The van der Waals surface area contributed by atoms with Crippen molar-refractivity contribution < 1.29 is 23.8 Å². The van der Waals surface area contributed by atoms with Crippen LogP contribution in [0.25, 0.3) is 44.3 Å². The van der Waals surface area contributed by atoms with E-state index in [-0.39, 0.29) is 23.9 Å². The zero-order valence-corrected chi connectivity index (χ0v) is 45.6. The smallest absolute Gasteiger partial charge is 0.246 e. The second kappa shape index (κ2) is 25.2. The van der Waals surface area contributed by atoms with E-state index in [0.717, 1.165) is 35.7 Å². The fourth-order valence-corrected chi connectivity index (χ4v) is 10.6. The number of likely N-dealkylation sites (N-methyl/N-ethyl adjacent to an activating group) is 2. The van der Waals surface area contributed by atoms with E-state index < -0.39 is 0 Å². The van der Waals surface area contributed by atoms with Crippen molar-refractivity contribution in [2.75, 3.05) is 85.1 Å². The predicted octanol–water partition coefficient (Wildman–Crippen LogP) is 9.02. The molecule has 0 bridgehead atoms. The van der Waals surface area contributed by atoms with Crippen LogP contribution in [-0.2, 0) is 14.3 Å². The van der Waals surface area contributed by atoms with Gasteiger partial charge in [0.05, 0.1) is 29.5 Å². The summed E-state index contributed by atoms with van der Waals surface area (Å²) in [5.74, 6) is 3.39. The van der Waals surface area contributed by atoms with Gasteiger partial charge in [0.15, 0.2) is 0 Å². The molecule has 11 rings (SSSR count). The molecule has 19 nitrogen and oxygen atoms in total. The summed E-state index contributed by atoms with van der Waals surface area (Å²) in [5.41, 5.74) is 17.8. The van der Waals surface area contributed by atoms with E-state index in [1.165, 1.54) is 25.5 Å². The van der Waals surface area contributed by atoms with E-state index in [9.17, 15) is 20.1 Å². The van der Waals surface area contributed by atoms with Crippen molar-refractivity contribution in [3.05, 3.63) is 158 Å². The van der Waals surface area contributed by atoms with Crippen molar-refractivity contribution in [3.8, 4) is 57.4 Å². The number of methoxy groups -OCH3 is 1. The van der Waals surface area contributed by atoms with Gasteiger partial charge in [0, 0.05) is 82.2 Å². The van der Waals surface area contributed by atoms with Crippen molar-refractivity contribution in [1.82, 2.24) is 48.7 Å². The first-order chi connectivity index (χ1) is 39.5. The first-order valence-electron chi connectivity index (χ1n) is 27.1. The van der Waals surface area contributed by atoms with E-state index in [4.69, 9.17) is 25.7 Å². The maximum absolute atomic E-state index is 12.9. The van der Waals surface area contributed by atoms with Crippen LogP contribution >= 0.6 is 0 Å². The topological polar surface area (TPSA) is 236 Å². The molecule has 4 aromatic heterocycles. The van der Waals surface area contributed by atoms with E-state index in [1.807, 2.05) is 147 Å². The summed E-state index contributed by atoms with van der Waals surface area (Å²) in [6, 6.07) is 39.4. The molecule has 2 atom stereocenters. The quantitative estimate of drug-likeness (QED) is 0.0763. The number of aromatic nitrogens is 6. The van der Waals surface area contributed by atoms with Gasteiger partial charge in [0.2, 0.25) is 11.8 Å². The van der Waals surface area contributed by atoms with Crippen LogP contribution in [-0.4, -0.2) is 140 Å². The third-order valence-electron chi connectivity index (χ3n) is 14.9. The monoisotopic (exact) mass is 1080 g/mol. The summed E-state index contributed by atoms with van der Waals surface area (Å²) in [4.78, 5) is 51.4. The van der Waals surface area contributed by atoms with Gasteiger partial charge in [-0.25, -0.2) is 19.9 Å². The number of hydrogen-bond acceptors (Lipinski definition) is 15. The van der Waals surface area contributed by atoms with Crippen LogP contribution in [0.15, 0.2) is 146 Å². The normalized spacial score (nSPS) is 16.1. The molecule has 412 valence electrons. The number of nitrogen functional groups attached to an aromatic ring is 2. The van der Waals surface area contributed by atoms with Crippen LogP contribution in [0, 0.1) is 22.7 Å². The van der Waals surface area contributed by atoms with E-state index >= 15 is 0 Å². The Balaban J connectivity index is 0.000000182. The lowest BCUT2D eigenvalue weighted by atomic mass is 10.0. The predicted molar refractivity (Wildman–Crippen MR) is 311 cm³/mol. The van der Waals surface area contributed by atoms with Crippen molar-refractivity contribution in [1.29, 1.82) is 10.5 Å². The highest BCUT2D eigenvalue weighted by atomic mass is 16.5. The van der Waals surface area contributed by atoms with Crippen molar-refractivity contribution in [2.45, 2.75) is 43.8 Å². The zero-order chi connectivity index (χ0) is 56.4. The molecule has 1 aliphatic carbocycles. The number of rotatable bonds is 18. The molecule has 81 heavy (non-hydrogen) atoms. The number of anilines is 2. The van der Waals surface area contributed by atoms with Crippen LogP contribution in [0.2, 0.25) is 0 Å². The molecule has 0 radical (unpaired) electrons. The Hall–Kier alpha value is -9.40. The minimum absolute atomic E-state index is 0.00923. The number of benzene rings is 4. The lowest BCUT2D eigenvalue weighted by molar-refractivity contribution is -0.125. The first-order valence-corrected chi connectivity index (χ1v) is 27.1. The lowest BCUT2D eigenvalue weighted by Gasteiger charge is -2.17. The van der Waals surface area contributed by atoms with Crippen LogP contribution in [0.5, 0.6) is 23.0 Å². The summed E-state index contributed by atoms with van der Waals surface area (Å²) < 4.78 is 20.9. The summed E-state index contributed by atoms with van der Waals surface area (Å²) in [7, 11) is 5.74. The summed E-state index contributed by atoms with van der Waals surface area (Å²) in [6.07, 6.45) is 13.8. The Morgan fingerprint density at radius 1 is 0.617 bits per heavy atom. The fraction of sp³-hybridized carbons (Fsp3) is 0.290. The van der Waals surface area contributed by atoms with E-state index in [0.29, 0.717) is 126 Å². The number of ether oxygens (including phenoxy) is 3. The Bertz CT molecular complexity index is 3660. The molecule has 4 aromatic carbocycles. The Morgan fingerprint density at radius 3 is 1.47 bits per heavy atom. The highest BCUT2D eigenvalue weighted by Gasteiger charge is 2.34. The van der Waals surface area contributed by atoms with Gasteiger partial charge in [0.1, 0.15) is 82.1 Å². The number of nitriles is 2. The summed E-state index contributed by atoms with van der Waals surface area (Å²) >= 11 is 0. The second-order valence-corrected chi connectivity index (χ2v) is 20.4. The molecule has 0 spiro atoms. The largest absolute Gasteiger partial charge is 0.457 e. The second-order valence-electron chi connectivity index (χ2n) is 20.4. The molecule has 4 N–H and O–H groups in total. The minimum atomic E-state index is -0.127. The molecular formula is C62H64N14O5. The molecule has 6 heterocycles. The number of hydrogen-bond donors (Lipinski definition) is 2. The molecule has 3 aliphatic rings. The molecule has 0 unspecified atom stereocenters. The zero-order valence-electron chi connectivity index (χ0n) is 45.6. The lowest BCUT2D eigenvalue weighted by Crippen LogP contribution is -2.28. The van der Waals surface area contributed by atoms with Crippen LogP contribution in [0.1, 0.15) is 49.2 Å². The number of amides is 2. The van der Waals surface area contributed by atoms with Gasteiger partial charge in [-0.1, -0.05) is 72.8 Å². The number of nitrogens with zero attached hydrogens (tertiary/aromatic N) is 12. The van der Waals surface area contributed by atoms with E-state index in [1.54, 1.807) is 19.3 Å². The average Bonchev–Trinajstić information content (AvgIpc) is 3.92. The molecule has 3 fully saturated rings. The van der Waals surface area contributed by atoms with Crippen molar-refractivity contribution in [2.24, 2.45) is 0 Å². The van der Waals surface area contributed by atoms with Crippen LogP contribution in [0.4, 0.5) is 11.6 Å². The van der Waals surface area contributed by atoms with E-state index in [2.05, 4.69) is 48.9 Å². The maximum Gasteiger partial charge on any atom is 0.246 e. The summed E-state index contributed by atoms with van der Waals surface area (Å²) in [5, 5.41) is 22.0. The highest BCUT2D eigenvalue weighted by Crippen LogP contribution is 2.42. The van der Waals surface area contributed by atoms with Gasteiger partial charge in [-0.3, -0.25) is 14.5 Å². The van der Waals surface area contributed by atoms with Gasteiger partial charge in [-0.15, -0.1) is 0 Å². The molecule has 1 saturated carbocycles.